The fourth-order valence-electron chi connectivity index (χ4n) is 3.74. The predicted octanol–water partition coefficient (Wildman–Crippen LogP) is 0.816. The number of likely N-dealkylation sites (tertiary alicyclic amines) is 2. The van der Waals surface area contributed by atoms with Gasteiger partial charge in [-0.25, -0.2) is 4.98 Å². The number of hydrogen-bond donors (Lipinski definition) is 0. The first-order chi connectivity index (χ1) is 12.2. The van der Waals surface area contributed by atoms with E-state index in [9.17, 15) is 9.59 Å². The number of hydrogen-bond acceptors (Lipinski definition) is 6. The Morgan fingerprint density at radius 1 is 1.24 bits per heavy atom. The summed E-state index contributed by atoms with van der Waals surface area (Å²) in [6.45, 7) is 3.35. The first-order valence-electron chi connectivity index (χ1n) is 8.74. The molecule has 4 rings (SSSR count). The standard InChI is InChI=1S/C17H22N4O3S/c22-15(20-5-1-2-6-20)9-24-13-7-17(25-10-13)11-21(12-17)16(23)14-8-18-3-4-19-14/h3-4,8,13H,1-2,5-7,9-12H2. The summed E-state index contributed by atoms with van der Waals surface area (Å²) in [5, 5.41) is 0. The van der Waals surface area contributed by atoms with Gasteiger partial charge in [-0.1, -0.05) is 0 Å². The van der Waals surface area contributed by atoms with E-state index in [2.05, 4.69) is 9.97 Å². The van der Waals surface area contributed by atoms with Gasteiger partial charge in [0, 0.05) is 44.3 Å². The number of carbonyl (C=O) groups excluding carboxylic acids is 2. The van der Waals surface area contributed by atoms with Crippen molar-refractivity contribution >= 4 is 23.6 Å². The quantitative estimate of drug-likeness (QED) is 0.789. The maximum atomic E-state index is 12.3. The van der Waals surface area contributed by atoms with Crippen molar-refractivity contribution in [2.75, 3.05) is 38.5 Å². The van der Waals surface area contributed by atoms with Crippen LogP contribution in [0.5, 0.6) is 0 Å². The van der Waals surface area contributed by atoms with E-state index in [1.165, 1.54) is 12.4 Å². The summed E-state index contributed by atoms with van der Waals surface area (Å²) in [4.78, 5) is 36.1. The molecule has 0 bridgehead atoms. The Labute approximate surface area is 151 Å². The van der Waals surface area contributed by atoms with Crippen LogP contribution in [0.4, 0.5) is 0 Å². The Kier molecular flexibility index (Phi) is 4.64. The molecule has 134 valence electrons. The van der Waals surface area contributed by atoms with Gasteiger partial charge < -0.3 is 14.5 Å². The second-order valence-electron chi connectivity index (χ2n) is 6.97. The molecule has 2 amide bonds. The zero-order valence-corrected chi connectivity index (χ0v) is 14.9. The van der Waals surface area contributed by atoms with Gasteiger partial charge in [-0.3, -0.25) is 14.6 Å². The Morgan fingerprint density at radius 3 is 2.76 bits per heavy atom. The number of carbonyl (C=O) groups is 2. The highest BCUT2D eigenvalue weighted by Crippen LogP contribution is 2.46. The molecule has 0 aromatic carbocycles. The molecule has 1 spiro atoms. The van der Waals surface area contributed by atoms with E-state index in [1.54, 1.807) is 6.20 Å². The molecule has 3 fully saturated rings. The summed E-state index contributed by atoms with van der Waals surface area (Å²) >= 11 is 1.86. The maximum absolute atomic E-state index is 12.3. The van der Waals surface area contributed by atoms with Gasteiger partial charge in [-0.2, -0.15) is 0 Å². The molecule has 25 heavy (non-hydrogen) atoms. The lowest BCUT2D eigenvalue weighted by molar-refractivity contribution is -0.136. The molecular formula is C17H22N4O3S. The Balaban J connectivity index is 1.23. The number of nitrogens with zero attached hydrogens (tertiary/aromatic N) is 4. The second kappa shape index (κ2) is 6.92. The SMILES string of the molecule is O=C(COC1CSC2(C1)CN(C(=O)c1cnccn1)C2)N1CCCC1. The summed E-state index contributed by atoms with van der Waals surface area (Å²) < 4.78 is 5.93. The van der Waals surface area contributed by atoms with Crippen molar-refractivity contribution in [1.82, 2.24) is 19.8 Å². The molecule has 0 radical (unpaired) electrons. The van der Waals surface area contributed by atoms with Crippen LogP contribution in [0.1, 0.15) is 29.8 Å². The third-order valence-corrected chi connectivity index (χ3v) is 6.68. The van der Waals surface area contributed by atoms with E-state index >= 15 is 0 Å². The van der Waals surface area contributed by atoms with Crippen LogP contribution in [-0.2, 0) is 9.53 Å². The van der Waals surface area contributed by atoms with Gasteiger partial charge >= 0.3 is 0 Å². The lowest BCUT2D eigenvalue weighted by atomic mass is 9.92. The largest absolute Gasteiger partial charge is 0.367 e. The van der Waals surface area contributed by atoms with Crippen molar-refractivity contribution in [2.45, 2.75) is 30.1 Å². The van der Waals surface area contributed by atoms with Crippen LogP contribution >= 0.6 is 11.8 Å². The van der Waals surface area contributed by atoms with Gasteiger partial charge in [0.05, 0.1) is 17.0 Å². The average molecular weight is 362 g/mol. The monoisotopic (exact) mass is 362 g/mol. The molecule has 1 unspecified atom stereocenters. The first-order valence-corrected chi connectivity index (χ1v) is 9.72. The van der Waals surface area contributed by atoms with Gasteiger partial charge in [0.1, 0.15) is 12.3 Å². The molecule has 1 atom stereocenters. The summed E-state index contributed by atoms with van der Waals surface area (Å²) in [5.74, 6) is 0.935. The van der Waals surface area contributed by atoms with Crippen molar-refractivity contribution in [2.24, 2.45) is 0 Å². The number of ether oxygens (including phenoxy) is 1. The molecule has 0 N–H and O–H groups in total. The Bertz CT molecular complexity index is 645. The molecule has 1 aromatic rings. The molecule has 4 heterocycles. The van der Waals surface area contributed by atoms with E-state index in [0.29, 0.717) is 18.8 Å². The zero-order valence-electron chi connectivity index (χ0n) is 14.1. The lowest BCUT2D eigenvalue weighted by Gasteiger charge is -2.47. The molecule has 1 aromatic heterocycles. The fraction of sp³-hybridized carbons (Fsp3) is 0.647. The molecule has 3 aliphatic heterocycles. The molecule has 3 aliphatic rings. The third kappa shape index (κ3) is 3.50. The minimum absolute atomic E-state index is 0.0621. The fourth-order valence-corrected chi connectivity index (χ4v) is 5.29. The smallest absolute Gasteiger partial charge is 0.274 e. The minimum Gasteiger partial charge on any atom is -0.367 e. The zero-order chi connectivity index (χ0) is 17.3. The molecule has 8 heteroatoms. The van der Waals surface area contributed by atoms with E-state index in [-0.39, 0.29) is 29.3 Å². The molecule has 0 saturated carbocycles. The predicted molar refractivity (Wildman–Crippen MR) is 93.3 cm³/mol. The van der Waals surface area contributed by atoms with Crippen LogP contribution in [0.25, 0.3) is 0 Å². The highest BCUT2D eigenvalue weighted by atomic mass is 32.2. The van der Waals surface area contributed by atoms with Crippen LogP contribution < -0.4 is 0 Å². The molecule has 0 aliphatic carbocycles. The van der Waals surface area contributed by atoms with Crippen LogP contribution in [0, 0.1) is 0 Å². The summed E-state index contributed by atoms with van der Waals surface area (Å²) in [6, 6.07) is 0. The van der Waals surface area contributed by atoms with Crippen molar-refractivity contribution < 1.29 is 14.3 Å². The van der Waals surface area contributed by atoms with Gasteiger partial charge in [-0.15, -0.1) is 11.8 Å². The highest BCUT2D eigenvalue weighted by Gasteiger charge is 2.51. The van der Waals surface area contributed by atoms with Crippen LogP contribution in [0.15, 0.2) is 18.6 Å². The minimum atomic E-state index is -0.0621. The van der Waals surface area contributed by atoms with Gasteiger partial charge in [0.15, 0.2) is 0 Å². The van der Waals surface area contributed by atoms with E-state index in [0.717, 1.165) is 38.1 Å². The van der Waals surface area contributed by atoms with E-state index in [4.69, 9.17) is 4.74 Å². The normalized spacial score (nSPS) is 24.6. The first kappa shape index (κ1) is 16.8. The number of amides is 2. The van der Waals surface area contributed by atoms with Crippen molar-refractivity contribution in [3.8, 4) is 0 Å². The third-order valence-electron chi connectivity index (χ3n) is 5.10. The molecule has 3 saturated heterocycles. The van der Waals surface area contributed by atoms with Crippen molar-refractivity contribution in [3.05, 3.63) is 24.3 Å². The van der Waals surface area contributed by atoms with Gasteiger partial charge in [0.2, 0.25) is 5.91 Å². The van der Waals surface area contributed by atoms with E-state index in [1.807, 2.05) is 21.6 Å². The summed E-state index contributed by atoms with van der Waals surface area (Å²) in [5.41, 5.74) is 0.393. The number of thioether (sulfide) groups is 1. The summed E-state index contributed by atoms with van der Waals surface area (Å²) in [6.07, 6.45) is 7.81. The van der Waals surface area contributed by atoms with Crippen LogP contribution in [-0.4, -0.2) is 81.0 Å². The second-order valence-corrected chi connectivity index (χ2v) is 8.46. The van der Waals surface area contributed by atoms with Crippen LogP contribution in [0.3, 0.4) is 0 Å². The Morgan fingerprint density at radius 2 is 2.04 bits per heavy atom. The van der Waals surface area contributed by atoms with E-state index < -0.39 is 0 Å². The van der Waals surface area contributed by atoms with Gasteiger partial charge in [-0.05, 0) is 19.3 Å². The molecule has 7 nitrogen and oxygen atoms in total. The Hall–Kier alpha value is -1.67. The topological polar surface area (TPSA) is 75.6 Å². The molecular weight excluding hydrogens is 340 g/mol. The highest BCUT2D eigenvalue weighted by molar-refractivity contribution is 8.01. The summed E-state index contributed by atoms with van der Waals surface area (Å²) in [7, 11) is 0. The van der Waals surface area contributed by atoms with Crippen molar-refractivity contribution in [3.63, 3.8) is 0 Å². The lowest BCUT2D eigenvalue weighted by Crippen LogP contribution is -2.60. The average Bonchev–Trinajstić information content (AvgIpc) is 3.28. The van der Waals surface area contributed by atoms with Crippen molar-refractivity contribution in [1.29, 1.82) is 0 Å². The number of aromatic nitrogens is 2. The maximum Gasteiger partial charge on any atom is 0.274 e. The van der Waals surface area contributed by atoms with Gasteiger partial charge in [0.25, 0.3) is 5.91 Å². The van der Waals surface area contributed by atoms with Crippen LogP contribution in [0.2, 0.25) is 0 Å². The number of rotatable bonds is 4.